The van der Waals surface area contributed by atoms with E-state index in [9.17, 15) is 21.6 Å². The Kier molecular flexibility index (Phi) is 5.64. The fourth-order valence-electron chi connectivity index (χ4n) is 2.00. The predicted molar refractivity (Wildman–Crippen MR) is 89.3 cm³/mol. The molecule has 0 heterocycles. The Balaban J connectivity index is 2.35. The van der Waals surface area contributed by atoms with Crippen molar-refractivity contribution < 1.29 is 21.6 Å². The van der Waals surface area contributed by atoms with Gasteiger partial charge in [0.05, 0.1) is 10.6 Å². The van der Waals surface area contributed by atoms with Gasteiger partial charge in [-0.15, -0.1) is 0 Å². The maximum absolute atomic E-state index is 12.8. The number of rotatable bonds is 4. The fourth-order valence-corrected chi connectivity index (χ4v) is 4.02. The van der Waals surface area contributed by atoms with Gasteiger partial charge in [-0.3, -0.25) is 0 Å². The molecule has 1 unspecified atom stereocenters. The van der Waals surface area contributed by atoms with Crippen molar-refractivity contribution in [3.05, 3.63) is 63.1 Å². The van der Waals surface area contributed by atoms with Crippen LogP contribution in [0.15, 0.2) is 51.8 Å². The van der Waals surface area contributed by atoms with Crippen molar-refractivity contribution >= 4 is 37.6 Å². The van der Waals surface area contributed by atoms with Crippen LogP contribution in [0.2, 0.25) is 5.02 Å². The Hall–Kier alpha value is -1.09. The van der Waals surface area contributed by atoms with Gasteiger partial charge < -0.3 is 0 Å². The van der Waals surface area contributed by atoms with E-state index >= 15 is 0 Å². The van der Waals surface area contributed by atoms with Crippen LogP contribution in [0, 0.1) is 0 Å². The van der Waals surface area contributed by atoms with E-state index in [1.165, 1.54) is 0 Å². The molecule has 9 heteroatoms. The highest BCUT2D eigenvalue weighted by atomic mass is 79.9. The molecule has 0 aromatic heterocycles. The van der Waals surface area contributed by atoms with Crippen molar-refractivity contribution in [2.45, 2.75) is 24.0 Å². The van der Waals surface area contributed by atoms with Crippen LogP contribution in [0.5, 0.6) is 0 Å². The summed E-state index contributed by atoms with van der Waals surface area (Å²) in [5, 5.41) is -0.279. The topological polar surface area (TPSA) is 46.2 Å². The van der Waals surface area contributed by atoms with E-state index in [2.05, 4.69) is 20.7 Å². The summed E-state index contributed by atoms with van der Waals surface area (Å²) in [6.45, 7) is 1.59. The molecule has 24 heavy (non-hydrogen) atoms. The molecule has 2 aromatic rings. The normalized spacial score (nSPS) is 13.8. The van der Waals surface area contributed by atoms with Crippen molar-refractivity contribution in [2.24, 2.45) is 0 Å². The number of alkyl halides is 3. The summed E-state index contributed by atoms with van der Waals surface area (Å²) < 4.78 is 66.3. The minimum Gasteiger partial charge on any atom is -0.207 e. The predicted octanol–water partition coefficient (Wildman–Crippen LogP) is 5.16. The zero-order chi connectivity index (χ0) is 18.1. The highest BCUT2D eigenvalue weighted by Crippen LogP contribution is 2.33. The van der Waals surface area contributed by atoms with Crippen molar-refractivity contribution in [2.75, 3.05) is 0 Å². The Morgan fingerprint density at radius 1 is 1.12 bits per heavy atom. The molecule has 0 bridgehead atoms. The Labute approximate surface area is 151 Å². The van der Waals surface area contributed by atoms with Crippen LogP contribution < -0.4 is 4.72 Å². The van der Waals surface area contributed by atoms with Crippen molar-refractivity contribution in [3.63, 3.8) is 0 Å². The van der Waals surface area contributed by atoms with Gasteiger partial charge in [0.15, 0.2) is 0 Å². The molecule has 2 aromatic carbocycles. The molecule has 0 amide bonds. The minimum atomic E-state index is -4.66. The average molecular weight is 443 g/mol. The van der Waals surface area contributed by atoms with Crippen LogP contribution in [0.3, 0.4) is 0 Å². The molecule has 0 saturated carbocycles. The molecule has 3 nitrogen and oxygen atoms in total. The van der Waals surface area contributed by atoms with Crippen LogP contribution in [0.1, 0.15) is 24.1 Å². The van der Waals surface area contributed by atoms with E-state index in [1.54, 1.807) is 31.2 Å². The molecule has 1 atom stereocenters. The Morgan fingerprint density at radius 2 is 1.71 bits per heavy atom. The van der Waals surface area contributed by atoms with E-state index < -0.39 is 32.7 Å². The van der Waals surface area contributed by atoms with E-state index in [0.717, 1.165) is 16.6 Å². The maximum atomic E-state index is 12.8. The highest BCUT2D eigenvalue weighted by molar-refractivity contribution is 9.10. The quantitative estimate of drug-likeness (QED) is 0.711. The molecule has 0 saturated heterocycles. The Bertz CT molecular complexity index is 839. The number of hydrogen-bond acceptors (Lipinski definition) is 2. The van der Waals surface area contributed by atoms with E-state index in [0.29, 0.717) is 11.6 Å². The average Bonchev–Trinajstić information content (AvgIpc) is 2.46. The van der Waals surface area contributed by atoms with Crippen molar-refractivity contribution in [1.82, 2.24) is 4.72 Å². The summed E-state index contributed by atoms with van der Waals surface area (Å²) in [6, 6.07) is 8.40. The smallest absolute Gasteiger partial charge is 0.207 e. The lowest BCUT2D eigenvalue weighted by Crippen LogP contribution is -2.27. The minimum absolute atomic E-state index is 0.279. The lowest BCUT2D eigenvalue weighted by Gasteiger charge is -2.16. The van der Waals surface area contributed by atoms with Crippen LogP contribution in [0.25, 0.3) is 0 Å². The molecular weight excluding hydrogens is 431 g/mol. The van der Waals surface area contributed by atoms with Gasteiger partial charge in [-0.2, -0.15) is 13.2 Å². The van der Waals surface area contributed by atoms with Crippen LogP contribution in [-0.4, -0.2) is 8.42 Å². The molecule has 2 rings (SSSR count). The maximum Gasteiger partial charge on any atom is 0.416 e. The highest BCUT2D eigenvalue weighted by Gasteiger charge is 2.33. The van der Waals surface area contributed by atoms with E-state index in [-0.39, 0.29) is 5.02 Å². The third kappa shape index (κ3) is 4.50. The standard InChI is InChI=1S/C15H12BrClF3NO2S/c1-9(10-2-5-12(16)6-3-10)21-24(22,23)14-8-11(15(18,19)20)4-7-13(14)17/h2-9,21H,1H3. The monoisotopic (exact) mass is 441 g/mol. The number of nitrogens with one attached hydrogen (secondary N) is 1. The number of hydrogen-bond donors (Lipinski definition) is 1. The van der Waals surface area contributed by atoms with Crippen LogP contribution >= 0.6 is 27.5 Å². The van der Waals surface area contributed by atoms with Gasteiger partial charge in [0.1, 0.15) is 4.90 Å². The summed E-state index contributed by atoms with van der Waals surface area (Å²) in [4.78, 5) is -0.608. The summed E-state index contributed by atoms with van der Waals surface area (Å²) in [6.07, 6.45) is -4.66. The summed E-state index contributed by atoms with van der Waals surface area (Å²) in [7, 11) is -4.22. The molecule has 0 fully saturated rings. The van der Waals surface area contributed by atoms with E-state index in [1.807, 2.05) is 0 Å². The fraction of sp³-hybridized carbons (Fsp3) is 0.200. The molecule has 0 radical (unpaired) electrons. The zero-order valence-corrected chi connectivity index (χ0v) is 15.4. The third-order valence-electron chi connectivity index (χ3n) is 3.25. The lowest BCUT2D eigenvalue weighted by atomic mass is 10.1. The first kappa shape index (κ1) is 19.2. The van der Waals surface area contributed by atoms with Crippen molar-refractivity contribution in [1.29, 1.82) is 0 Å². The lowest BCUT2D eigenvalue weighted by molar-refractivity contribution is -0.137. The summed E-state index contributed by atoms with van der Waals surface area (Å²) in [5.74, 6) is 0. The molecular formula is C15H12BrClF3NO2S. The van der Waals surface area contributed by atoms with E-state index in [4.69, 9.17) is 11.6 Å². The van der Waals surface area contributed by atoms with Gasteiger partial charge >= 0.3 is 6.18 Å². The van der Waals surface area contributed by atoms with Crippen LogP contribution in [-0.2, 0) is 16.2 Å². The van der Waals surface area contributed by atoms with Crippen molar-refractivity contribution in [3.8, 4) is 0 Å². The second-order valence-corrected chi connectivity index (χ2v) is 8.04. The number of halogens is 5. The van der Waals surface area contributed by atoms with Gasteiger partial charge in [0.25, 0.3) is 0 Å². The second-order valence-electron chi connectivity index (χ2n) is 5.04. The van der Waals surface area contributed by atoms with Gasteiger partial charge in [0.2, 0.25) is 10.0 Å². The largest absolute Gasteiger partial charge is 0.416 e. The number of sulfonamides is 1. The summed E-state index contributed by atoms with van der Waals surface area (Å²) >= 11 is 9.05. The van der Waals surface area contributed by atoms with Crippen LogP contribution in [0.4, 0.5) is 13.2 Å². The second kappa shape index (κ2) is 7.03. The van der Waals surface area contributed by atoms with Gasteiger partial charge in [-0.1, -0.05) is 39.7 Å². The first-order valence-corrected chi connectivity index (χ1v) is 9.30. The van der Waals surface area contributed by atoms with Gasteiger partial charge in [0, 0.05) is 10.5 Å². The first-order valence-electron chi connectivity index (χ1n) is 6.65. The van der Waals surface area contributed by atoms with Gasteiger partial charge in [-0.05, 0) is 42.8 Å². The zero-order valence-electron chi connectivity index (χ0n) is 12.2. The molecule has 130 valence electrons. The molecule has 0 aliphatic heterocycles. The molecule has 0 aliphatic rings. The SMILES string of the molecule is CC(NS(=O)(=O)c1cc(C(F)(F)F)ccc1Cl)c1ccc(Br)cc1. The Morgan fingerprint density at radius 3 is 2.25 bits per heavy atom. The molecule has 0 aliphatic carbocycles. The first-order chi connectivity index (χ1) is 11.0. The third-order valence-corrected chi connectivity index (χ3v) is 5.80. The molecule has 1 N–H and O–H groups in total. The van der Waals surface area contributed by atoms with Gasteiger partial charge in [-0.25, -0.2) is 13.1 Å². The summed E-state index contributed by atoms with van der Waals surface area (Å²) in [5.41, 5.74) is -0.423. The number of benzene rings is 2. The molecule has 0 spiro atoms.